The maximum absolute atomic E-state index is 12.9. The fraction of sp³-hybridized carbons (Fsp3) is 0.333. The van der Waals surface area contributed by atoms with Gasteiger partial charge in [-0.1, -0.05) is 56.3 Å². The minimum atomic E-state index is -1.04. The number of imide groups is 1. The van der Waals surface area contributed by atoms with Crippen LogP contribution in [0.5, 0.6) is 5.75 Å². The number of carbonyl (C=O) groups excluding carboxylic acids is 2. The van der Waals surface area contributed by atoms with E-state index in [1.807, 2.05) is 54.6 Å². The highest BCUT2D eigenvalue weighted by atomic mass is 16.5. The molecule has 3 amide bonds. The van der Waals surface area contributed by atoms with E-state index in [0.717, 1.165) is 5.56 Å². The molecular weight excluding hydrogens is 328 g/mol. The van der Waals surface area contributed by atoms with Gasteiger partial charge in [-0.05, 0) is 36.1 Å². The van der Waals surface area contributed by atoms with Gasteiger partial charge in [-0.25, -0.2) is 4.79 Å². The Bertz CT molecular complexity index is 787. The average Bonchev–Trinajstić information content (AvgIpc) is 2.86. The first kappa shape index (κ1) is 18.0. The van der Waals surface area contributed by atoms with Crippen molar-refractivity contribution in [2.45, 2.75) is 32.2 Å². The number of hydrogen-bond donors (Lipinski definition) is 1. The summed E-state index contributed by atoms with van der Waals surface area (Å²) in [5, 5.41) is 2.83. The Balaban J connectivity index is 1.69. The summed E-state index contributed by atoms with van der Waals surface area (Å²) in [6.45, 7) is 6.45. The summed E-state index contributed by atoms with van der Waals surface area (Å²) in [6.07, 6.45) is 0. The Labute approximate surface area is 154 Å². The van der Waals surface area contributed by atoms with Crippen molar-refractivity contribution < 1.29 is 14.3 Å². The van der Waals surface area contributed by atoms with Crippen molar-refractivity contribution in [3.8, 4) is 5.75 Å². The molecule has 0 aliphatic carbocycles. The third kappa shape index (κ3) is 3.43. The molecule has 3 rings (SSSR count). The monoisotopic (exact) mass is 352 g/mol. The number of benzene rings is 2. The molecular formula is C21H24N2O3. The first-order chi connectivity index (χ1) is 12.4. The van der Waals surface area contributed by atoms with Crippen molar-refractivity contribution in [3.63, 3.8) is 0 Å². The molecule has 1 aliphatic rings. The molecule has 0 radical (unpaired) electrons. The largest absolute Gasteiger partial charge is 0.492 e. The molecule has 1 unspecified atom stereocenters. The summed E-state index contributed by atoms with van der Waals surface area (Å²) in [4.78, 5) is 26.4. The topological polar surface area (TPSA) is 58.6 Å². The van der Waals surface area contributed by atoms with E-state index in [0.29, 0.717) is 11.7 Å². The van der Waals surface area contributed by atoms with Crippen LogP contribution in [0, 0.1) is 0 Å². The Morgan fingerprint density at radius 2 is 1.69 bits per heavy atom. The van der Waals surface area contributed by atoms with Crippen LogP contribution in [0.2, 0.25) is 0 Å². The molecule has 136 valence electrons. The molecule has 1 fully saturated rings. The quantitative estimate of drug-likeness (QED) is 0.807. The van der Waals surface area contributed by atoms with Gasteiger partial charge in [0.2, 0.25) is 0 Å². The molecule has 5 heteroatoms. The van der Waals surface area contributed by atoms with E-state index in [1.165, 1.54) is 10.5 Å². The van der Waals surface area contributed by atoms with Crippen molar-refractivity contribution in [1.82, 2.24) is 10.2 Å². The second kappa shape index (κ2) is 7.20. The number of nitrogens with one attached hydrogen (secondary N) is 1. The minimum Gasteiger partial charge on any atom is -0.492 e. The average molecular weight is 352 g/mol. The summed E-state index contributed by atoms with van der Waals surface area (Å²) in [5.74, 6) is 0.875. The number of carbonyl (C=O) groups is 2. The number of para-hydroxylation sites is 1. The van der Waals surface area contributed by atoms with Gasteiger partial charge in [0.1, 0.15) is 17.9 Å². The van der Waals surface area contributed by atoms with Crippen LogP contribution in [0.25, 0.3) is 0 Å². The first-order valence-electron chi connectivity index (χ1n) is 8.84. The van der Waals surface area contributed by atoms with E-state index in [2.05, 4.69) is 19.2 Å². The molecule has 1 saturated heterocycles. The lowest BCUT2D eigenvalue weighted by Crippen LogP contribution is -2.41. The van der Waals surface area contributed by atoms with Gasteiger partial charge in [0.05, 0.1) is 6.54 Å². The molecule has 1 heterocycles. The van der Waals surface area contributed by atoms with Crippen molar-refractivity contribution in [1.29, 1.82) is 0 Å². The minimum absolute atomic E-state index is 0.208. The van der Waals surface area contributed by atoms with Crippen LogP contribution in [0.1, 0.15) is 37.8 Å². The Kier molecular flexibility index (Phi) is 4.98. The number of hydrogen-bond acceptors (Lipinski definition) is 3. The van der Waals surface area contributed by atoms with Crippen LogP contribution in [0.15, 0.2) is 54.6 Å². The molecule has 0 saturated carbocycles. The van der Waals surface area contributed by atoms with Crippen molar-refractivity contribution in [3.05, 3.63) is 65.7 Å². The van der Waals surface area contributed by atoms with Gasteiger partial charge >= 0.3 is 6.03 Å². The highest BCUT2D eigenvalue weighted by Crippen LogP contribution is 2.29. The number of rotatable bonds is 6. The summed E-state index contributed by atoms with van der Waals surface area (Å²) >= 11 is 0. The Hall–Kier alpha value is -2.82. The molecule has 0 bridgehead atoms. The highest BCUT2D eigenvalue weighted by molar-refractivity contribution is 6.07. The lowest BCUT2D eigenvalue weighted by Gasteiger charge is -2.23. The van der Waals surface area contributed by atoms with Gasteiger partial charge in [-0.2, -0.15) is 0 Å². The van der Waals surface area contributed by atoms with Crippen LogP contribution < -0.4 is 10.1 Å². The van der Waals surface area contributed by atoms with Crippen LogP contribution in [-0.4, -0.2) is 30.0 Å². The van der Waals surface area contributed by atoms with Crippen molar-refractivity contribution >= 4 is 11.9 Å². The number of nitrogens with zero attached hydrogens (tertiary/aromatic N) is 1. The Morgan fingerprint density at radius 3 is 2.31 bits per heavy atom. The van der Waals surface area contributed by atoms with Gasteiger partial charge in [0.15, 0.2) is 0 Å². The van der Waals surface area contributed by atoms with Crippen LogP contribution in [-0.2, 0) is 10.3 Å². The standard InChI is InChI=1S/C21H24N2O3/c1-15(2)16-9-11-17(12-10-16)21(3)19(24)23(20(25)22-21)13-14-26-18-7-5-4-6-8-18/h4-12,15H,13-14H2,1-3H3,(H,22,25). The molecule has 5 nitrogen and oxygen atoms in total. The third-order valence-electron chi connectivity index (χ3n) is 4.76. The molecule has 26 heavy (non-hydrogen) atoms. The predicted molar refractivity (Wildman–Crippen MR) is 100 cm³/mol. The lowest BCUT2D eigenvalue weighted by molar-refractivity contribution is -0.131. The molecule has 1 atom stereocenters. The highest BCUT2D eigenvalue weighted by Gasteiger charge is 2.48. The summed E-state index contributed by atoms with van der Waals surface area (Å²) in [6, 6.07) is 16.8. The normalized spacial score (nSPS) is 19.8. The molecule has 2 aromatic carbocycles. The fourth-order valence-corrected chi connectivity index (χ4v) is 3.07. The molecule has 0 spiro atoms. The lowest BCUT2D eigenvalue weighted by atomic mass is 9.90. The van der Waals surface area contributed by atoms with Crippen LogP contribution in [0.4, 0.5) is 4.79 Å². The molecule has 1 aliphatic heterocycles. The zero-order chi connectivity index (χ0) is 18.7. The predicted octanol–water partition coefficient (Wildman–Crippen LogP) is 3.66. The molecule has 0 aromatic heterocycles. The second-order valence-corrected chi connectivity index (χ2v) is 6.95. The third-order valence-corrected chi connectivity index (χ3v) is 4.76. The van der Waals surface area contributed by atoms with Crippen LogP contribution in [0.3, 0.4) is 0 Å². The van der Waals surface area contributed by atoms with Gasteiger partial charge in [0, 0.05) is 0 Å². The van der Waals surface area contributed by atoms with E-state index in [-0.39, 0.29) is 25.1 Å². The van der Waals surface area contributed by atoms with E-state index in [4.69, 9.17) is 4.74 Å². The zero-order valence-corrected chi connectivity index (χ0v) is 15.4. The van der Waals surface area contributed by atoms with E-state index >= 15 is 0 Å². The Morgan fingerprint density at radius 1 is 1.04 bits per heavy atom. The van der Waals surface area contributed by atoms with E-state index in [9.17, 15) is 9.59 Å². The number of urea groups is 1. The van der Waals surface area contributed by atoms with Gasteiger partial charge < -0.3 is 10.1 Å². The summed E-state index contributed by atoms with van der Waals surface area (Å²) < 4.78 is 5.61. The van der Waals surface area contributed by atoms with Crippen molar-refractivity contribution in [2.24, 2.45) is 0 Å². The fourth-order valence-electron chi connectivity index (χ4n) is 3.07. The van der Waals surface area contributed by atoms with Gasteiger partial charge in [0.25, 0.3) is 5.91 Å². The summed E-state index contributed by atoms with van der Waals surface area (Å²) in [7, 11) is 0. The molecule has 2 aromatic rings. The second-order valence-electron chi connectivity index (χ2n) is 6.95. The molecule has 1 N–H and O–H groups in total. The van der Waals surface area contributed by atoms with Crippen molar-refractivity contribution in [2.75, 3.05) is 13.2 Å². The van der Waals surface area contributed by atoms with E-state index < -0.39 is 5.54 Å². The number of ether oxygens (including phenoxy) is 1. The first-order valence-corrected chi connectivity index (χ1v) is 8.84. The maximum Gasteiger partial charge on any atom is 0.325 e. The number of amides is 3. The van der Waals surface area contributed by atoms with Gasteiger partial charge in [-0.15, -0.1) is 0 Å². The summed E-state index contributed by atoms with van der Waals surface area (Å²) in [5.41, 5.74) is 0.938. The SMILES string of the molecule is CC(C)c1ccc(C2(C)NC(=O)N(CCOc3ccccc3)C2=O)cc1. The smallest absolute Gasteiger partial charge is 0.325 e. The zero-order valence-electron chi connectivity index (χ0n) is 15.4. The van der Waals surface area contributed by atoms with Crippen LogP contribution >= 0.6 is 0 Å². The maximum atomic E-state index is 12.9. The van der Waals surface area contributed by atoms with E-state index in [1.54, 1.807) is 6.92 Å². The van der Waals surface area contributed by atoms with Gasteiger partial charge in [-0.3, -0.25) is 9.69 Å².